The van der Waals surface area contributed by atoms with E-state index in [2.05, 4.69) is 6.08 Å². The summed E-state index contributed by atoms with van der Waals surface area (Å²) in [5.41, 5.74) is 1.08. The zero-order valence-electron chi connectivity index (χ0n) is 9.59. The fourth-order valence-corrected chi connectivity index (χ4v) is 1.12. The van der Waals surface area contributed by atoms with Gasteiger partial charge in [-0.05, 0) is 39.2 Å². The third-order valence-electron chi connectivity index (χ3n) is 1.83. The van der Waals surface area contributed by atoms with Gasteiger partial charge in [0.25, 0.3) is 0 Å². The van der Waals surface area contributed by atoms with Gasteiger partial charge in [0.1, 0.15) is 5.76 Å². The zero-order valence-corrected chi connectivity index (χ0v) is 9.59. The van der Waals surface area contributed by atoms with Crippen molar-refractivity contribution in [2.75, 3.05) is 0 Å². The minimum absolute atomic E-state index is 0.229. The number of rotatable bonds is 5. The maximum absolute atomic E-state index is 10.8. The molecule has 0 fully saturated rings. The molecule has 0 bridgehead atoms. The van der Waals surface area contributed by atoms with Gasteiger partial charge in [-0.1, -0.05) is 12.2 Å². The molecule has 0 amide bonds. The number of esters is 1. The predicted octanol–water partition coefficient (Wildman–Crippen LogP) is 3.59. The Morgan fingerprint density at radius 2 is 1.93 bits per heavy atom. The lowest BCUT2D eigenvalue weighted by molar-refractivity contribution is -0.137. The Labute approximate surface area is 86.6 Å². The molecule has 0 unspecified atom stereocenters. The van der Waals surface area contributed by atoms with Crippen molar-refractivity contribution in [1.29, 1.82) is 0 Å². The molecule has 0 aliphatic heterocycles. The predicted molar refractivity (Wildman–Crippen MR) is 58.8 cm³/mol. The highest BCUT2D eigenvalue weighted by Gasteiger charge is 2.03. The van der Waals surface area contributed by atoms with Gasteiger partial charge in [0.15, 0.2) is 0 Å². The van der Waals surface area contributed by atoms with E-state index in [1.807, 2.05) is 26.8 Å². The van der Waals surface area contributed by atoms with Crippen LogP contribution in [0.1, 0.15) is 47.0 Å². The maximum Gasteiger partial charge on any atom is 0.307 e. The van der Waals surface area contributed by atoms with Crippen LogP contribution in [-0.4, -0.2) is 5.97 Å². The quantitative estimate of drug-likeness (QED) is 0.291. The summed E-state index contributed by atoms with van der Waals surface area (Å²) in [4.78, 5) is 10.8. The molecule has 0 heterocycles. The molecular weight excluding hydrogens is 176 g/mol. The van der Waals surface area contributed by atoms with Crippen molar-refractivity contribution in [1.82, 2.24) is 0 Å². The van der Waals surface area contributed by atoms with E-state index in [0.717, 1.165) is 30.6 Å². The van der Waals surface area contributed by atoms with Crippen LogP contribution in [0.2, 0.25) is 0 Å². The molecule has 0 saturated carbocycles. The van der Waals surface area contributed by atoms with Gasteiger partial charge in [-0.2, -0.15) is 0 Å². The summed E-state index contributed by atoms with van der Waals surface area (Å²) in [6.07, 6.45) is 7.06. The van der Waals surface area contributed by atoms with Crippen LogP contribution >= 0.6 is 0 Å². The third kappa shape index (κ3) is 6.46. The summed E-state index contributed by atoms with van der Waals surface area (Å²) in [5.74, 6) is 0.592. The van der Waals surface area contributed by atoms with Crippen LogP contribution in [-0.2, 0) is 9.53 Å². The number of allylic oxidation sites excluding steroid dienone is 4. The minimum atomic E-state index is -0.229. The summed E-state index contributed by atoms with van der Waals surface area (Å²) in [6, 6.07) is 0. The Morgan fingerprint density at radius 1 is 1.29 bits per heavy atom. The number of hydrogen-bond donors (Lipinski definition) is 0. The molecule has 0 rings (SSSR count). The molecule has 0 aromatic rings. The van der Waals surface area contributed by atoms with Gasteiger partial charge in [0.05, 0.1) is 0 Å². The standard InChI is InChI=1S/C12H20O2/c1-5-6-7-8-9-12(10(2)3)14-11(4)13/h5-6H,7-9H2,1-4H3/b6-5+. The Balaban J connectivity index is 4.00. The molecule has 0 aromatic carbocycles. The largest absolute Gasteiger partial charge is 0.431 e. The van der Waals surface area contributed by atoms with E-state index >= 15 is 0 Å². The SMILES string of the molecule is C/C=C/CCCC(OC(C)=O)=C(C)C. The summed E-state index contributed by atoms with van der Waals surface area (Å²) in [5, 5.41) is 0. The first kappa shape index (κ1) is 12.9. The van der Waals surface area contributed by atoms with E-state index in [9.17, 15) is 4.79 Å². The Bertz CT molecular complexity index is 233. The lowest BCUT2D eigenvalue weighted by Crippen LogP contribution is -2.00. The number of carbonyl (C=O) groups excluding carboxylic acids is 1. The molecule has 0 aromatic heterocycles. The van der Waals surface area contributed by atoms with Gasteiger partial charge in [0, 0.05) is 13.3 Å². The average molecular weight is 196 g/mol. The van der Waals surface area contributed by atoms with E-state index in [1.165, 1.54) is 6.92 Å². The van der Waals surface area contributed by atoms with E-state index < -0.39 is 0 Å². The zero-order chi connectivity index (χ0) is 11.0. The molecule has 2 nitrogen and oxygen atoms in total. The van der Waals surface area contributed by atoms with Crippen LogP contribution in [0.4, 0.5) is 0 Å². The molecule has 0 aliphatic rings. The second-order valence-electron chi connectivity index (χ2n) is 3.48. The topological polar surface area (TPSA) is 26.3 Å². The number of carbonyl (C=O) groups is 1. The normalized spacial score (nSPS) is 10.3. The summed E-state index contributed by atoms with van der Waals surface area (Å²) in [6.45, 7) is 7.38. The number of ether oxygens (including phenoxy) is 1. The van der Waals surface area contributed by atoms with Gasteiger partial charge in [-0.15, -0.1) is 0 Å². The summed E-state index contributed by atoms with van der Waals surface area (Å²) in [7, 11) is 0. The molecule has 0 atom stereocenters. The fourth-order valence-electron chi connectivity index (χ4n) is 1.12. The first-order chi connectivity index (χ1) is 6.57. The van der Waals surface area contributed by atoms with Crippen LogP contribution in [0, 0.1) is 0 Å². The van der Waals surface area contributed by atoms with Gasteiger partial charge in [-0.3, -0.25) is 4.79 Å². The summed E-state index contributed by atoms with van der Waals surface area (Å²) < 4.78 is 5.11. The van der Waals surface area contributed by atoms with Crippen molar-refractivity contribution < 1.29 is 9.53 Å². The molecule has 0 radical (unpaired) electrons. The Morgan fingerprint density at radius 3 is 2.36 bits per heavy atom. The third-order valence-corrected chi connectivity index (χ3v) is 1.83. The highest BCUT2D eigenvalue weighted by molar-refractivity contribution is 5.67. The highest BCUT2D eigenvalue weighted by Crippen LogP contribution is 2.14. The molecular formula is C12H20O2. The fraction of sp³-hybridized carbons (Fsp3) is 0.583. The van der Waals surface area contributed by atoms with Crippen LogP contribution in [0.3, 0.4) is 0 Å². The van der Waals surface area contributed by atoms with Gasteiger partial charge >= 0.3 is 5.97 Å². The Hall–Kier alpha value is -1.05. The molecule has 0 aliphatic carbocycles. The molecule has 80 valence electrons. The highest BCUT2D eigenvalue weighted by atomic mass is 16.5. The monoisotopic (exact) mass is 196 g/mol. The molecule has 0 saturated heterocycles. The van der Waals surface area contributed by atoms with E-state index in [-0.39, 0.29) is 5.97 Å². The van der Waals surface area contributed by atoms with Gasteiger partial charge in [0.2, 0.25) is 0 Å². The smallest absolute Gasteiger partial charge is 0.307 e. The van der Waals surface area contributed by atoms with Crippen LogP contribution in [0.25, 0.3) is 0 Å². The van der Waals surface area contributed by atoms with Gasteiger partial charge in [-0.25, -0.2) is 0 Å². The minimum Gasteiger partial charge on any atom is -0.431 e. The number of unbranched alkanes of at least 4 members (excludes halogenated alkanes) is 1. The van der Waals surface area contributed by atoms with Gasteiger partial charge < -0.3 is 4.74 Å². The first-order valence-corrected chi connectivity index (χ1v) is 5.03. The van der Waals surface area contributed by atoms with Crippen molar-refractivity contribution in [3.05, 3.63) is 23.5 Å². The van der Waals surface area contributed by atoms with Crippen molar-refractivity contribution in [3.63, 3.8) is 0 Å². The van der Waals surface area contributed by atoms with E-state index in [1.54, 1.807) is 0 Å². The van der Waals surface area contributed by atoms with Crippen molar-refractivity contribution in [2.24, 2.45) is 0 Å². The van der Waals surface area contributed by atoms with Crippen molar-refractivity contribution >= 4 is 5.97 Å². The molecule has 14 heavy (non-hydrogen) atoms. The molecule has 0 N–H and O–H groups in total. The summed E-state index contributed by atoms with van der Waals surface area (Å²) >= 11 is 0. The second-order valence-corrected chi connectivity index (χ2v) is 3.48. The second kappa shape index (κ2) is 7.36. The number of hydrogen-bond acceptors (Lipinski definition) is 2. The Kier molecular flexibility index (Phi) is 6.81. The van der Waals surface area contributed by atoms with Crippen molar-refractivity contribution in [2.45, 2.75) is 47.0 Å². The molecule has 2 heteroatoms. The lowest BCUT2D eigenvalue weighted by Gasteiger charge is -2.08. The van der Waals surface area contributed by atoms with Crippen LogP contribution in [0.15, 0.2) is 23.5 Å². The van der Waals surface area contributed by atoms with Crippen LogP contribution in [0.5, 0.6) is 0 Å². The average Bonchev–Trinajstić information content (AvgIpc) is 2.09. The van der Waals surface area contributed by atoms with E-state index in [4.69, 9.17) is 4.74 Å². The van der Waals surface area contributed by atoms with E-state index in [0.29, 0.717) is 0 Å². The lowest BCUT2D eigenvalue weighted by atomic mass is 10.1. The first-order valence-electron chi connectivity index (χ1n) is 5.03. The van der Waals surface area contributed by atoms with Crippen LogP contribution < -0.4 is 0 Å². The molecule has 0 spiro atoms. The maximum atomic E-state index is 10.8. The van der Waals surface area contributed by atoms with Crippen molar-refractivity contribution in [3.8, 4) is 0 Å².